The molecule has 2 aliphatic carbocycles. The van der Waals surface area contributed by atoms with Gasteiger partial charge in [0, 0.05) is 29.3 Å². The molecule has 0 aromatic heterocycles. The SMILES string of the molecule is CC1=NC2=C(C(=O)C[C@@H](c3ccccc3)C2)[C@H](c2ccc(Cl)c(Cl)c2)C1C(=O)OC1CCCCC1. The van der Waals surface area contributed by atoms with Crippen LogP contribution in [0.2, 0.25) is 10.0 Å². The van der Waals surface area contributed by atoms with Crippen LogP contribution < -0.4 is 0 Å². The van der Waals surface area contributed by atoms with E-state index in [0.717, 1.165) is 42.5 Å². The number of nitrogens with zero attached hydrogens (tertiary/aromatic N) is 1. The highest BCUT2D eigenvalue weighted by molar-refractivity contribution is 6.42. The van der Waals surface area contributed by atoms with Crippen LogP contribution in [0.4, 0.5) is 0 Å². The van der Waals surface area contributed by atoms with Crippen LogP contribution in [0.15, 0.2) is 64.8 Å². The summed E-state index contributed by atoms with van der Waals surface area (Å²) < 4.78 is 6.00. The molecule has 0 spiro atoms. The van der Waals surface area contributed by atoms with Crippen molar-refractivity contribution in [2.24, 2.45) is 10.9 Å². The smallest absolute Gasteiger partial charge is 0.315 e. The van der Waals surface area contributed by atoms with Crippen LogP contribution >= 0.6 is 23.2 Å². The summed E-state index contributed by atoms with van der Waals surface area (Å²) >= 11 is 12.6. The number of esters is 1. The lowest BCUT2D eigenvalue weighted by molar-refractivity contribution is -0.153. The molecular formula is C29H29Cl2NO3. The van der Waals surface area contributed by atoms with E-state index >= 15 is 0 Å². The average molecular weight is 510 g/mol. The molecule has 2 aromatic carbocycles. The van der Waals surface area contributed by atoms with E-state index < -0.39 is 11.8 Å². The summed E-state index contributed by atoms with van der Waals surface area (Å²) in [4.78, 5) is 32.1. The summed E-state index contributed by atoms with van der Waals surface area (Å²) in [5.41, 5.74) is 3.99. The number of halogens is 2. The second-order valence-corrected chi connectivity index (χ2v) is 10.7. The highest BCUT2D eigenvalue weighted by Crippen LogP contribution is 2.47. The van der Waals surface area contributed by atoms with Gasteiger partial charge in [0.05, 0.1) is 10.0 Å². The highest BCUT2D eigenvalue weighted by Gasteiger charge is 2.45. The fourth-order valence-corrected chi connectivity index (χ4v) is 6.12. The van der Waals surface area contributed by atoms with Crippen molar-refractivity contribution in [3.63, 3.8) is 0 Å². The predicted molar refractivity (Wildman–Crippen MR) is 139 cm³/mol. The number of hydrogen-bond acceptors (Lipinski definition) is 4. The van der Waals surface area contributed by atoms with Gasteiger partial charge in [-0.15, -0.1) is 0 Å². The molecule has 4 nitrogen and oxygen atoms in total. The van der Waals surface area contributed by atoms with Crippen LogP contribution in [0.25, 0.3) is 0 Å². The molecule has 1 fully saturated rings. The standard InChI is InChI=1S/C29H29Cl2NO3/c1-17-26(29(34)35-21-10-6-3-7-11-21)27(19-12-13-22(30)23(31)14-19)28-24(32-17)15-20(16-25(28)33)18-8-4-2-5-9-18/h2,4-5,8-9,12-14,20-21,26-27H,3,6-7,10-11,15-16H2,1H3/t20-,26?,27+/m0/s1. The van der Waals surface area contributed by atoms with E-state index in [1.54, 1.807) is 12.1 Å². The number of benzene rings is 2. The molecule has 1 heterocycles. The van der Waals surface area contributed by atoms with Crippen LogP contribution in [0.5, 0.6) is 0 Å². The third kappa shape index (κ3) is 4.96. The van der Waals surface area contributed by atoms with Crippen molar-refractivity contribution >= 4 is 40.7 Å². The third-order valence-electron chi connectivity index (χ3n) is 7.55. The van der Waals surface area contributed by atoms with Crippen molar-refractivity contribution in [3.8, 4) is 0 Å². The van der Waals surface area contributed by atoms with Crippen molar-refractivity contribution in [1.29, 1.82) is 0 Å². The Morgan fingerprint density at radius 3 is 2.40 bits per heavy atom. The molecule has 1 unspecified atom stereocenters. The average Bonchev–Trinajstić information content (AvgIpc) is 2.86. The summed E-state index contributed by atoms with van der Waals surface area (Å²) in [5.74, 6) is -1.36. The number of carbonyl (C=O) groups excluding carboxylic acids is 2. The molecule has 0 saturated heterocycles. The van der Waals surface area contributed by atoms with E-state index in [1.165, 1.54) is 6.42 Å². The number of carbonyl (C=O) groups is 2. The summed E-state index contributed by atoms with van der Waals surface area (Å²) in [6, 6.07) is 15.4. The number of aliphatic imine (C=N–C) groups is 1. The van der Waals surface area contributed by atoms with Gasteiger partial charge in [-0.3, -0.25) is 14.6 Å². The minimum atomic E-state index is -0.662. The second-order valence-electron chi connectivity index (χ2n) is 9.88. The molecule has 0 N–H and O–H groups in total. The van der Waals surface area contributed by atoms with Gasteiger partial charge in [0.1, 0.15) is 12.0 Å². The Hall–Kier alpha value is -2.43. The van der Waals surface area contributed by atoms with Crippen molar-refractivity contribution in [2.45, 2.75) is 69.8 Å². The van der Waals surface area contributed by atoms with Crippen LogP contribution in [-0.2, 0) is 14.3 Å². The van der Waals surface area contributed by atoms with Crippen LogP contribution in [0.3, 0.4) is 0 Å². The molecule has 5 rings (SSSR count). The summed E-state index contributed by atoms with van der Waals surface area (Å²) in [7, 11) is 0. The minimum Gasteiger partial charge on any atom is -0.462 e. The zero-order chi connectivity index (χ0) is 24.5. The topological polar surface area (TPSA) is 55.7 Å². The van der Waals surface area contributed by atoms with Crippen LogP contribution in [-0.4, -0.2) is 23.6 Å². The molecule has 35 heavy (non-hydrogen) atoms. The number of hydrogen-bond donors (Lipinski definition) is 0. The number of ether oxygens (including phenoxy) is 1. The lowest BCUT2D eigenvalue weighted by atomic mass is 9.69. The van der Waals surface area contributed by atoms with Gasteiger partial charge in [-0.1, -0.05) is 66.0 Å². The maximum absolute atomic E-state index is 13.7. The van der Waals surface area contributed by atoms with Gasteiger partial charge in [0.15, 0.2) is 5.78 Å². The highest BCUT2D eigenvalue weighted by atomic mass is 35.5. The Morgan fingerprint density at radius 2 is 1.69 bits per heavy atom. The number of rotatable bonds is 4. The molecule has 6 heteroatoms. The monoisotopic (exact) mass is 509 g/mol. The molecule has 1 saturated carbocycles. The van der Waals surface area contributed by atoms with Gasteiger partial charge >= 0.3 is 5.97 Å². The number of allylic oxidation sites excluding steroid dienone is 2. The van der Waals surface area contributed by atoms with Gasteiger partial charge < -0.3 is 4.74 Å². The molecule has 0 radical (unpaired) electrons. The lowest BCUT2D eigenvalue weighted by Crippen LogP contribution is -2.39. The largest absolute Gasteiger partial charge is 0.462 e. The van der Waals surface area contributed by atoms with Gasteiger partial charge in [0.25, 0.3) is 0 Å². The van der Waals surface area contributed by atoms with Crippen LogP contribution in [0, 0.1) is 5.92 Å². The molecular weight excluding hydrogens is 481 g/mol. The minimum absolute atomic E-state index is 0.0305. The first-order chi connectivity index (χ1) is 16.9. The first-order valence-corrected chi connectivity index (χ1v) is 13.2. The van der Waals surface area contributed by atoms with Crippen molar-refractivity contribution in [1.82, 2.24) is 0 Å². The van der Waals surface area contributed by atoms with Crippen LogP contribution in [0.1, 0.15) is 74.8 Å². The van der Waals surface area contributed by atoms with E-state index in [9.17, 15) is 9.59 Å². The van der Waals surface area contributed by atoms with Crippen molar-refractivity contribution < 1.29 is 14.3 Å². The summed E-state index contributed by atoms with van der Waals surface area (Å²) in [5, 5.41) is 0.836. The van der Waals surface area contributed by atoms with Crippen molar-refractivity contribution in [2.75, 3.05) is 0 Å². The third-order valence-corrected chi connectivity index (χ3v) is 8.29. The Bertz CT molecular complexity index is 1200. The molecule has 182 valence electrons. The lowest BCUT2D eigenvalue weighted by Gasteiger charge is -2.37. The molecule has 1 aliphatic heterocycles. The molecule has 0 amide bonds. The summed E-state index contributed by atoms with van der Waals surface area (Å²) in [6.07, 6.45) is 6.07. The zero-order valence-corrected chi connectivity index (χ0v) is 21.3. The van der Waals surface area contributed by atoms with Gasteiger partial charge in [-0.2, -0.15) is 0 Å². The molecule has 3 aliphatic rings. The first kappa shape index (κ1) is 24.3. The summed E-state index contributed by atoms with van der Waals surface area (Å²) in [6.45, 7) is 1.87. The molecule has 2 aromatic rings. The maximum atomic E-state index is 13.7. The van der Waals surface area contributed by atoms with Gasteiger partial charge in [-0.25, -0.2) is 0 Å². The van der Waals surface area contributed by atoms with E-state index in [0.29, 0.717) is 34.2 Å². The molecule has 0 bridgehead atoms. The van der Waals surface area contributed by atoms with E-state index in [1.807, 2.05) is 31.2 Å². The fourth-order valence-electron chi connectivity index (χ4n) is 5.81. The van der Waals surface area contributed by atoms with Crippen molar-refractivity contribution in [3.05, 3.63) is 81.0 Å². The normalized spacial score (nSPS) is 25.2. The predicted octanol–water partition coefficient (Wildman–Crippen LogP) is 7.44. The Balaban J connectivity index is 1.54. The molecule has 3 atom stereocenters. The Kier molecular flexibility index (Phi) is 7.13. The second kappa shape index (κ2) is 10.3. The van der Waals surface area contributed by atoms with Gasteiger partial charge in [0.2, 0.25) is 0 Å². The number of Topliss-reactive ketones (excluding diaryl/α,β-unsaturated/α-hetero) is 1. The van der Waals surface area contributed by atoms with E-state index in [4.69, 9.17) is 32.9 Å². The first-order valence-electron chi connectivity index (χ1n) is 12.4. The Labute approximate surface area is 216 Å². The van der Waals surface area contributed by atoms with E-state index in [2.05, 4.69) is 12.1 Å². The quantitative estimate of drug-likeness (QED) is 0.402. The van der Waals surface area contributed by atoms with Gasteiger partial charge in [-0.05, 0) is 68.2 Å². The number of ketones is 1. The Morgan fingerprint density at radius 1 is 0.943 bits per heavy atom. The zero-order valence-electron chi connectivity index (χ0n) is 19.8. The van der Waals surface area contributed by atoms with E-state index in [-0.39, 0.29) is 23.8 Å². The fraction of sp³-hybridized carbons (Fsp3) is 0.414. The maximum Gasteiger partial charge on any atom is 0.315 e.